The molecule has 34 heavy (non-hydrogen) atoms. The number of benzene rings is 2. The third-order valence-corrected chi connectivity index (χ3v) is 6.31. The number of carbonyl (C=O) groups is 1. The summed E-state index contributed by atoms with van der Waals surface area (Å²) < 4.78 is 12.7. The van der Waals surface area contributed by atoms with Crippen molar-refractivity contribution >= 4 is 34.4 Å². The number of hydrogen-bond donors (Lipinski definition) is 1. The van der Waals surface area contributed by atoms with Gasteiger partial charge >= 0.3 is 0 Å². The number of ether oxygens (including phenoxy) is 2. The lowest BCUT2D eigenvalue weighted by Gasteiger charge is -2.10. The van der Waals surface area contributed by atoms with E-state index in [0.29, 0.717) is 30.1 Å². The van der Waals surface area contributed by atoms with Gasteiger partial charge in [0.1, 0.15) is 5.82 Å². The summed E-state index contributed by atoms with van der Waals surface area (Å²) in [7, 11) is 5.19. The van der Waals surface area contributed by atoms with Gasteiger partial charge in [0.15, 0.2) is 16.7 Å². The minimum absolute atomic E-state index is 0.0579. The molecule has 0 fully saturated rings. The molecule has 2 aromatic carbocycles. The summed E-state index contributed by atoms with van der Waals surface area (Å²) in [6.45, 7) is 1.95. The maximum atomic E-state index is 12.5. The summed E-state index contributed by atoms with van der Waals surface area (Å²) in [5.74, 6) is 2.84. The zero-order chi connectivity index (χ0) is 24.1. The smallest absolute Gasteiger partial charge is 0.224 e. The van der Waals surface area contributed by atoms with Crippen LogP contribution in [0.3, 0.4) is 0 Å². The number of fused-ring (bicyclic) bond motifs is 1. The Kier molecular flexibility index (Phi) is 7.32. The van der Waals surface area contributed by atoms with Crippen LogP contribution in [-0.2, 0) is 24.0 Å². The Balaban J connectivity index is 1.39. The van der Waals surface area contributed by atoms with Crippen molar-refractivity contribution in [3.63, 3.8) is 0 Å². The van der Waals surface area contributed by atoms with Crippen LogP contribution in [0.5, 0.6) is 11.5 Å². The van der Waals surface area contributed by atoms with Crippen LogP contribution in [0.25, 0.3) is 11.0 Å². The molecule has 0 radical (unpaired) electrons. The Bertz CT molecular complexity index is 1320. The molecule has 0 unspecified atom stereocenters. The standard InChI is InChI=1S/C25H27N5O3S/c1-16-11-12-26-25(27-16)34-15-23-29-19-14-18(7-8-20(19)30(23)2)28-24(31)10-6-17-5-9-21(32-3)22(13-17)33-4/h5,7-9,11-14H,6,10,15H2,1-4H3,(H,28,31). The number of imidazole rings is 1. The second-order valence-corrected chi connectivity index (χ2v) is 8.74. The number of anilines is 1. The molecule has 1 N–H and O–H groups in total. The summed E-state index contributed by atoms with van der Waals surface area (Å²) in [6.07, 6.45) is 2.72. The predicted octanol–water partition coefficient (Wildman–Crippen LogP) is 4.55. The molecule has 4 aromatic rings. The van der Waals surface area contributed by atoms with E-state index in [-0.39, 0.29) is 5.91 Å². The van der Waals surface area contributed by atoms with E-state index < -0.39 is 0 Å². The van der Waals surface area contributed by atoms with Crippen molar-refractivity contribution in [1.82, 2.24) is 19.5 Å². The van der Waals surface area contributed by atoms with Gasteiger partial charge in [0.25, 0.3) is 0 Å². The molecule has 0 saturated heterocycles. The van der Waals surface area contributed by atoms with E-state index >= 15 is 0 Å². The first kappa shape index (κ1) is 23.6. The predicted molar refractivity (Wildman–Crippen MR) is 134 cm³/mol. The Morgan fingerprint density at radius 2 is 1.88 bits per heavy atom. The fourth-order valence-corrected chi connectivity index (χ4v) is 4.46. The Morgan fingerprint density at radius 3 is 2.65 bits per heavy atom. The molecule has 4 rings (SSSR count). The summed E-state index contributed by atoms with van der Waals surface area (Å²) in [6, 6.07) is 13.3. The molecule has 9 heteroatoms. The van der Waals surface area contributed by atoms with Crippen molar-refractivity contribution < 1.29 is 14.3 Å². The van der Waals surface area contributed by atoms with E-state index in [1.54, 1.807) is 32.2 Å². The number of nitrogens with zero attached hydrogens (tertiary/aromatic N) is 4. The van der Waals surface area contributed by atoms with Gasteiger partial charge in [0, 0.05) is 31.0 Å². The van der Waals surface area contributed by atoms with E-state index in [4.69, 9.17) is 14.5 Å². The maximum Gasteiger partial charge on any atom is 0.224 e. The van der Waals surface area contributed by atoms with E-state index in [1.165, 1.54) is 0 Å². The number of thioether (sulfide) groups is 1. The SMILES string of the molecule is COc1ccc(CCC(=O)Nc2ccc3c(c2)nc(CSc2nccc(C)n2)n3C)cc1OC. The van der Waals surface area contributed by atoms with E-state index in [1.807, 2.05) is 56.4 Å². The van der Waals surface area contributed by atoms with Crippen LogP contribution in [0.4, 0.5) is 5.69 Å². The molecule has 0 bridgehead atoms. The van der Waals surface area contributed by atoms with Crippen LogP contribution in [0.2, 0.25) is 0 Å². The van der Waals surface area contributed by atoms with Crippen molar-refractivity contribution in [2.45, 2.75) is 30.7 Å². The molecule has 176 valence electrons. The average molecular weight is 478 g/mol. The number of carbonyl (C=O) groups excluding carboxylic acids is 1. The topological polar surface area (TPSA) is 91.2 Å². The second kappa shape index (κ2) is 10.6. The van der Waals surface area contributed by atoms with E-state index in [9.17, 15) is 4.79 Å². The number of amides is 1. The average Bonchev–Trinajstić information content (AvgIpc) is 3.15. The van der Waals surface area contributed by atoms with Gasteiger partial charge < -0.3 is 19.4 Å². The third-order valence-electron chi connectivity index (χ3n) is 5.45. The maximum absolute atomic E-state index is 12.5. The number of aromatic nitrogens is 4. The first-order valence-corrected chi connectivity index (χ1v) is 11.8. The van der Waals surface area contributed by atoms with Crippen LogP contribution >= 0.6 is 11.8 Å². The van der Waals surface area contributed by atoms with Crippen LogP contribution in [-0.4, -0.2) is 39.6 Å². The van der Waals surface area contributed by atoms with E-state index in [2.05, 4.69) is 19.9 Å². The number of hydrogen-bond acceptors (Lipinski definition) is 7. The van der Waals surface area contributed by atoms with Gasteiger partial charge in [0.2, 0.25) is 5.91 Å². The number of methoxy groups -OCH3 is 2. The van der Waals surface area contributed by atoms with Crippen molar-refractivity contribution in [3.05, 3.63) is 65.7 Å². The molecular formula is C25H27N5O3S. The highest BCUT2D eigenvalue weighted by atomic mass is 32.2. The van der Waals surface area contributed by atoms with Crippen LogP contribution in [0, 0.1) is 6.92 Å². The molecule has 0 saturated carbocycles. The summed E-state index contributed by atoms with van der Waals surface area (Å²) in [5.41, 5.74) is 4.51. The second-order valence-electron chi connectivity index (χ2n) is 7.80. The molecule has 1 amide bonds. The molecule has 0 aliphatic rings. The van der Waals surface area contributed by atoms with Gasteiger partial charge in [-0.05, 0) is 55.3 Å². The van der Waals surface area contributed by atoms with Gasteiger partial charge in [-0.3, -0.25) is 4.79 Å². The summed E-state index contributed by atoms with van der Waals surface area (Å²) in [4.78, 5) is 26.0. The number of nitrogens with one attached hydrogen (secondary N) is 1. The molecule has 0 aliphatic heterocycles. The zero-order valence-corrected chi connectivity index (χ0v) is 20.5. The first-order valence-electron chi connectivity index (χ1n) is 10.9. The highest BCUT2D eigenvalue weighted by Gasteiger charge is 2.12. The summed E-state index contributed by atoms with van der Waals surface area (Å²) in [5, 5.41) is 3.71. The van der Waals surface area contributed by atoms with Gasteiger partial charge in [-0.1, -0.05) is 17.8 Å². The molecule has 8 nitrogen and oxygen atoms in total. The third kappa shape index (κ3) is 5.48. The largest absolute Gasteiger partial charge is 0.493 e. The van der Waals surface area contributed by atoms with Crippen molar-refractivity contribution in [1.29, 1.82) is 0 Å². The molecule has 2 heterocycles. The fraction of sp³-hybridized carbons (Fsp3) is 0.280. The summed E-state index contributed by atoms with van der Waals surface area (Å²) >= 11 is 1.55. The van der Waals surface area contributed by atoms with Crippen molar-refractivity contribution in [2.24, 2.45) is 7.05 Å². The van der Waals surface area contributed by atoms with Crippen molar-refractivity contribution in [3.8, 4) is 11.5 Å². The lowest BCUT2D eigenvalue weighted by Crippen LogP contribution is -2.12. The van der Waals surface area contributed by atoms with Gasteiger partial charge in [-0.2, -0.15) is 0 Å². The van der Waals surface area contributed by atoms with Crippen molar-refractivity contribution in [2.75, 3.05) is 19.5 Å². The molecule has 0 spiro atoms. The minimum Gasteiger partial charge on any atom is -0.493 e. The molecule has 0 atom stereocenters. The first-order chi connectivity index (χ1) is 16.5. The minimum atomic E-state index is -0.0579. The highest BCUT2D eigenvalue weighted by Crippen LogP contribution is 2.28. The monoisotopic (exact) mass is 477 g/mol. The van der Waals surface area contributed by atoms with Gasteiger partial charge in [-0.15, -0.1) is 0 Å². The van der Waals surface area contributed by atoms with Gasteiger partial charge in [0.05, 0.1) is 31.0 Å². The lowest BCUT2D eigenvalue weighted by atomic mass is 10.1. The Hall–Kier alpha value is -3.59. The fourth-order valence-electron chi connectivity index (χ4n) is 3.60. The van der Waals surface area contributed by atoms with Crippen LogP contribution in [0.1, 0.15) is 23.5 Å². The molecule has 2 aromatic heterocycles. The Labute approximate surface area is 202 Å². The van der Waals surface area contributed by atoms with Gasteiger partial charge in [-0.25, -0.2) is 15.0 Å². The normalized spacial score (nSPS) is 10.9. The zero-order valence-electron chi connectivity index (χ0n) is 19.7. The number of aryl methyl sites for hydroxylation is 3. The van der Waals surface area contributed by atoms with E-state index in [0.717, 1.165) is 39.0 Å². The molecule has 0 aliphatic carbocycles. The number of rotatable bonds is 9. The molecular weight excluding hydrogens is 450 g/mol. The lowest BCUT2D eigenvalue weighted by molar-refractivity contribution is -0.116. The Morgan fingerprint density at radius 1 is 1.06 bits per heavy atom. The highest BCUT2D eigenvalue weighted by molar-refractivity contribution is 7.98. The van der Waals surface area contributed by atoms with Crippen LogP contribution in [0.15, 0.2) is 53.8 Å². The van der Waals surface area contributed by atoms with Crippen LogP contribution < -0.4 is 14.8 Å². The quantitative estimate of drug-likeness (QED) is 0.279.